The van der Waals surface area contributed by atoms with Crippen LogP contribution in [-0.2, 0) is 53.0 Å². The molecule has 0 aliphatic rings. The van der Waals surface area contributed by atoms with E-state index in [-0.39, 0.29) is 69.7 Å². The summed E-state index contributed by atoms with van der Waals surface area (Å²) in [6.07, 6.45) is -0.0762. The van der Waals surface area contributed by atoms with Crippen molar-refractivity contribution in [1.29, 1.82) is 0 Å². The lowest BCUT2D eigenvalue weighted by Gasteiger charge is -2.26. The zero-order valence-electron chi connectivity index (χ0n) is 31.9. The highest BCUT2D eigenvalue weighted by atomic mass is 35.5. The van der Waals surface area contributed by atoms with Gasteiger partial charge in [-0.1, -0.05) is 38.1 Å². The Morgan fingerprint density at radius 2 is 0.911 bits per heavy atom. The monoisotopic (exact) mass is 874 g/mol. The molecule has 0 aliphatic heterocycles. The van der Waals surface area contributed by atoms with E-state index in [1.165, 1.54) is 20.8 Å². The number of benzene rings is 2. The van der Waals surface area contributed by atoms with Crippen LogP contribution in [0.15, 0.2) is 48.5 Å². The molecule has 0 radical (unpaired) electrons. The molecule has 2 aromatic rings. The van der Waals surface area contributed by atoms with Gasteiger partial charge in [0.1, 0.15) is 44.5 Å². The Hall–Kier alpha value is -4.19. The van der Waals surface area contributed by atoms with Crippen LogP contribution in [0, 0.1) is 0 Å². The summed E-state index contributed by atoms with van der Waals surface area (Å²) in [5, 5.41) is 0. The Balaban J connectivity index is 0. The highest BCUT2D eigenvalue weighted by molar-refractivity contribution is 6.62. The van der Waals surface area contributed by atoms with E-state index in [4.69, 9.17) is 65.4 Å². The van der Waals surface area contributed by atoms with Crippen molar-refractivity contribution in [2.45, 2.75) is 60.0 Å². The van der Waals surface area contributed by atoms with Crippen LogP contribution in [0.25, 0.3) is 0 Å². The second-order valence-corrected chi connectivity index (χ2v) is 12.1. The average Bonchev–Trinajstić information content (AvgIpc) is 3.09. The molecule has 0 N–H and O–H groups in total. The minimum absolute atomic E-state index is 0.00190. The maximum atomic E-state index is 11.0. The summed E-state index contributed by atoms with van der Waals surface area (Å²) in [6.45, 7) is 13.5. The highest BCUT2D eigenvalue weighted by Gasteiger charge is 2.23. The van der Waals surface area contributed by atoms with E-state index in [1.54, 1.807) is 24.3 Å². The van der Waals surface area contributed by atoms with Gasteiger partial charge in [0.25, 0.3) is 0 Å². The SMILES string of the molecule is CC(=O)OCCOC(=O)Cl.CC(=O)OCCOCCOC(=O)Cl.CC(=O)Oc1ccc(C(C)(C)c2ccc(OC(=O)Cl)cc2)cc1.CCOC(C)COC(=O)Cl. The fourth-order valence-corrected chi connectivity index (χ4v) is 3.96. The molecule has 0 spiro atoms. The Morgan fingerprint density at radius 1 is 0.536 bits per heavy atom. The highest BCUT2D eigenvalue weighted by Crippen LogP contribution is 2.33. The van der Waals surface area contributed by atoms with E-state index in [0.717, 1.165) is 11.1 Å². The second-order valence-electron chi connectivity index (χ2n) is 10.9. The Bertz CT molecular complexity index is 1390. The lowest BCUT2D eigenvalue weighted by molar-refractivity contribution is -0.143. The largest absolute Gasteiger partial charge is 0.463 e. The number of esters is 3. The maximum absolute atomic E-state index is 11.0. The lowest BCUT2D eigenvalue weighted by Crippen LogP contribution is -2.18. The first-order chi connectivity index (χ1) is 26.2. The van der Waals surface area contributed by atoms with Crippen LogP contribution >= 0.6 is 46.4 Å². The van der Waals surface area contributed by atoms with Crippen molar-refractivity contribution >= 4 is 86.0 Å². The molecule has 0 bridgehead atoms. The topological polar surface area (TPSA) is 203 Å². The Kier molecular flexibility index (Phi) is 30.8. The molecule has 0 saturated heterocycles. The number of rotatable bonds is 17. The van der Waals surface area contributed by atoms with Crippen molar-refractivity contribution in [3.05, 3.63) is 59.7 Å². The van der Waals surface area contributed by atoms with Gasteiger partial charge < -0.3 is 42.6 Å². The molecule has 0 fully saturated rings. The van der Waals surface area contributed by atoms with Gasteiger partial charge in [-0.05, 0) is 49.2 Å². The Labute approximate surface area is 345 Å². The third-order valence-electron chi connectivity index (χ3n) is 6.07. The first-order valence-corrected chi connectivity index (χ1v) is 17.9. The molecular weight excluding hydrogens is 830 g/mol. The van der Waals surface area contributed by atoms with Gasteiger partial charge in [-0.15, -0.1) is 0 Å². The number of hydrogen-bond acceptors (Lipinski definition) is 16. The molecule has 0 amide bonds. The van der Waals surface area contributed by atoms with Crippen molar-refractivity contribution in [3.8, 4) is 11.5 Å². The molecule has 314 valence electrons. The molecule has 2 aromatic carbocycles. The van der Waals surface area contributed by atoms with Gasteiger partial charge in [0.2, 0.25) is 0 Å². The zero-order chi connectivity index (χ0) is 43.1. The fraction of sp³-hybridized carbons (Fsp3) is 0.472. The standard InChI is InChI=1S/C18H17ClO4.C7H11ClO5.C6H11ClO3.C5H7ClO4/c1-12(20)22-15-8-4-13(5-9-15)18(2,3)14-6-10-16(11-7-14)23-17(19)21;1-6(9)12-4-2-11-3-5-13-7(8)10;1-3-9-5(2)4-10-6(7)8;1-4(7)9-2-3-10-5(6)8/h4-11H,1-3H3;2-5H2,1H3;5H,3-4H2,1-2H3;2-3H2,1H3. The molecule has 0 saturated carbocycles. The second kappa shape index (κ2) is 32.0. The van der Waals surface area contributed by atoms with E-state index in [2.05, 4.69) is 37.5 Å². The summed E-state index contributed by atoms with van der Waals surface area (Å²) < 4.78 is 41.9. The van der Waals surface area contributed by atoms with Crippen molar-refractivity contribution in [2.75, 3.05) is 52.9 Å². The lowest BCUT2D eigenvalue weighted by atomic mass is 9.78. The summed E-state index contributed by atoms with van der Waals surface area (Å²) in [4.78, 5) is 72.0. The van der Waals surface area contributed by atoms with Crippen molar-refractivity contribution in [2.24, 2.45) is 0 Å². The molecule has 56 heavy (non-hydrogen) atoms. The summed E-state index contributed by atoms with van der Waals surface area (Å²) in [5.74, 6) is -0.195. The van der Waals surface area contributed by atoms with Crippen LogP contribution in [0.2, 0.25) is 0 Å². The fourth-order valence-electron chi connectivity index (χ4n) is 3.65. The Morgan fingerprint density at radius 3 is 1.27 bits per heavy atom. The number of halogens is 4. The van der Waals surface area contributed by atoms with E-state index < -0.39 is 27.7 Å². The number of carbonyl (C=O) groups is 7. The van der Waals surface area contributed by atoms with E-state index >= 15 is 0 Å². The van der Waals surface area contributed by atoms with E-state index in [1.807, 2.05) is 38.1 Å². The molecular formula is C36H46Cl4O16. The third kappa shape index (κ3) is 32.1. The first kappa shape index (κ1) is 53.9. The third-order valence-corrected chi connectivity index (χ3v) is 6.48. The molecule has 0 aliphatic carbocycles. The quantitative estimate of drug-likeness (QED) is 0.0482. The maximum Gasteiger partial charge on any atom is 0.409 e. The van der Waals surface area contributed by atoms with Gasteiger partial charge in [0.15, 0.2) is 0 Å². The minimum Gasteiger partial charge on any atom is -0.463 e. The smallest absolute Gasteiger partial charge is 0.409 e. The predicted octanol–water partition coefficient (Wildman–Crippen LogP) is 8.33. The van der Waals surface area contributed by atoms with Gasteiger partial charge in [0, 0.05) is 79.2 Å². The molecule has 16 nitrogen and oxygen atoms in total. The number of hydrogen-bond donors (Lipinski definition) is 0. The molecule has 1 atom stereocenters. The average molecular weight is 877 g/mol. The van der Waals surface area contributed by atoms with Gasteiger partial charge in [-0.3, -0.25) is 14.4 Å². The van der Waals surface area contributed by atoms with Crippen LogP contribution in [-0.4, -0.2) is 98.6 Å². The molecule has 20 heteroatoms. The van der Waals surface area contributed by atoms with Gasteiger partial charge in [-0.2, -0.15) is 0 Å². The summed E-state index contributed by atoms with van der Waals surface area (Å²) in [6, 6.07) is 14.5. The van der Waals surface area contributed by atoms with Crippen molar-refractivity contribution < 1.29 is 76.2 Å². The van der Waals surface area contributed by atoms with Crippen molar-refractivity contribution in [3.63, 3.8) is 0 Å². The van der Waals surface area contributed by atoms with Crippen molar-refractivity contribution in [1.82, 2.24) is 0 Å². The molecule has 1 unspecified atom stereocenters. The van der Waals surface area contributed by atoms with E-state index in [0.29, 0.717) is 18.1 Å². The molecule has 0 aromatic heterocycles. The van der Waals surface area contributed by atoms with Crippen LogP contribution < -0.4 is 9.47 Å². The zero-order valence-corrected chi connectivity index (χ0v) is 34.9. The predicted molar refractivity (Wildman–Crippen MR) is 205 cm³/mol. The van der Waals surface area contributed by atoms with Crippen LogP contribution in [0.3, 0.4) is 0 Å². The van der Waals surface area contributed by atoms with E-state index in [9.17, 15) is 33.6 Å². The number of carbonyl (C=O) groups excluding carboxylic acids is 7. The minimum atomic E-state index is -0.896. The van der Waals surface area contributed by atoms with Crippen LogP contribution in [0.1, 0.15) is 59.6 Å². The van der Waals surface area contributed by atoms with Gasteiger partial charge in [-0.25, -0.2) is 19.2 Å². The molecule has 0 heterocycles. The summed E-state index contributed by atoms with van der Waals surface area (Å²) >= 11 is 19.8. The van der Waals surface area contributed by atoms with Crippen LogP contribution in [0.5, 0.6) is 11.5 Å². The molecule has 2 rings (SSSR count). The van der Waals surface area contributed by atoms with Gasteiger partial charge >= 0.3 is 39.6 Å². The first-order valence-electron chi connectivity index (χ1n) is 16.4. The summed E-state index contributed by atoms with van der Waals surface area (Å²) in [5.41, 5.74) is -1.55. The number of ether oxygens (including phenoxy) is 9. The summed E-state index contributed by atoms with van der Waals surface area (Å²) in [7, 11) is 0. The van der Waals surface area contributed by atoms with Crippen LogP contribution in [0.4, 0.5) is 19.2 Å². The van der Waals surface area contributed by atoms with Gasteiger partial charge in [0.05, 0.1) is 19.3 Å². The normalized spacial score (nSPS) is 10.5.